The van der Waals surface area contributed by atoms with Gasteiger partial charge in [0.25, 0.3) is 0 Å². The van der Waals surface area contributed by atoms with E-state index in [-0.39, 0.29) is 11.9 Å². The number of epoxide rings is 1. The lowest BCUT2D eigenvalue weighted by Gasteiger charge is -2.16. The summed E-state index contributed by atoms with van der Waals surface area (Å²) in [6.07, 6.45) is 3.61. The molecule has 4 rings (SSSR count). The van der Waals surface area contributed by atoms with Crippen LogP contribution in [0.15, 0.2) is 60.0 Å². The van der Waals surface area contributed by atoms with Crippen molar-refractivity contribution >= 4 is 23.4 Å². The van der Waals surface area contributed by atoms with Gasteiger partial charge in [0.15, 0.2) is 5.16 Å². The van der Waals surface area contributed by atoms with E-state index in [2.05, 4.69) is 17.0 Å². The van der Waals surface area contributed by atoms with Gasteiger partial charge in [-0.2, -0.15) is 5.10 Å². The van der Waals surface area contributed by atoms with Crippen molar-refractivity contribution in [3.05, 3.63) is 76.8 Å². The summed E-state index contributed by atoms with van der Waals surface area (Å²) < 4.78 is 21.6. The lowest BCUT2D eigenvalue weighted by molar-refractivity contribution is 0.256. The van der Waals surface area contributed by atoms with Crippen LogP contribution in [-0.4, -0.2) is 20.5 Å². The van der Waals surface area contributed by atoms with Crippen molar-refractivity contribution in [1.29, 1.82) is 0 Å². The van der Waals surface area contributed by atoms with Gasteiger partial charge in [0.05, 0.1) is 6.54 Å². The van der Waals surface area contributed by atoms with E-state index in [0.717, 1.165) is 34.9 Å². The number of benzene rings is 2. The van der Waals surface area contributed by atoms with Crippen LogP contribution in [0.3, 0.4) is 0 Å². The van der Waals surface area contributed by atoms with Crippen molar-refractivity contribution in [3.8, 4) is 0 Å². The minimum Gasteiger partial charge on any atom is -0.354 e. The summed E-state index contributed by atoms with van der Waals surface area (Å²) in [6, 6.07) is 14.1. The molecule has 1 aromatic heterocycles. The van der Waals surface area contributed by atoms with Crippen LogP contribution in [0.1, 0.15) is 37.0 Å². The molecule has 0 radical (unpaired) electrons. The Morgan fingerprint density at radius 3 is 2.75 bits per heavy atom. The maximum Gasteiger partial charge on any atom is 0.186 e. The first-order valence-corrected chi connectivity index (χ1v) is 10.7. The molecule has 1 fully saturated rings. The van der Waals surface area contributed by atoms with E-state index < -0.39 is 5.60 Å². The molecule has 4 nitrogen and oxygen atoms in total. The Morgan fingerprint density at radius 1 is 1.21 bits per heavy atom. The van der Waals surface area contributed by atoms with Crippen LogP contribution in [0.4, 0.5) is 4.39 Å². The Morgan fingerprint density at radius 2 is 2.00 bits per heavy atom. The van der Waals surface area contributed by atoms with Crippen LogP contribution >= 0.6 is 23.4 Å². The van der Waals surface area contributed by atoms with Gasteiger partial charge in [0.2, 0.25) is 0 Å². The quantitative estimate of drug-likeness (QED) is 0.270. The number of rotatable bonds is 8. The molecule has 146 valence electrons. The van der Waals surface area contributed by atoms with Crippen LogP contribution in [0.25, 0.3) is 0 Å². The number of halogens is 2. The number of thioether (sulfide) groups is 1. The Labute approximate surface area is 173 Å². The summed E-state index contributed by atoms with van der Waals surface area (Å²) in [5.74, 6) is 0.721. The molecule has 0 N–H and O–H groups in total. The molecule has 0 amide bonds. The van der Waals surface area contributed by atoms with Crippen molar-refractivity contribution in [2.24, 2.45) is 0 Å². The van der Waals surface area contributed by atoms with Gasteiger partial charge in [-0.1, -0.05) is 67.0 Å². The van der Waals surface area contributed by atoms with Gasteiger partial charge in [-0.05, 0) is 30.2 Å². The number of hydrogen-bond acceptors (Lipinski definition) is 4. The van der Waals surface area contributed by atoms with E-state index in [9.17, 15) is 4.39 Å². The standard InChI is InChI=1S/C21H21ClFN3OS/c1-2-3-12-28-20-24-14-25-26(20)13-21(15-8-10-16(23)11-9-15)19(27-21)17-6-4-5-7-18(17)22/h4-11,14,19H,2-3,12-13H2,1H3. The van der Waals surface area contributed by atoms with E-state index in [0.29, 0.717) is 11.6 Å². The summed E-state index contributed by atoms with van der Waals surface area (Å²) in [5, 5.41) is 5.94. The second-order valence-electron chi connectivity index (χ2n) is 6.82. The predicted octanol–water partition coefficient (Wildman–Crippen LogP) is 5.63. The lowest BCUT2D eigenvalue weighted by Crippen LogP contribution is -2.20. The highest BCUT2D eigenvalue weighted by Gasteiger charge is 2.59. The monoisotopic (exact) mass is 417 g/mol. The molecule has 2 unspecified atom stereocenters. The summed E-state index contributed by atoms with van der Waals surface area (Å²) in [7, 11) is 0. The van der Waals surface area contributed by atoms with Crippen molar-refractivity contribution in [3.63, 3.8) is 0 Å². The highest BCUT2D eigenvalue weighted by Crippen LogP contribution is 2.59. The zero-order valence-corrected chi connectivity index (χ0v) is 17.1. The fourth-order valence-corrected chi connectivity index (χ4v) is 4.58. The molecule has 0 saturated carbocycles. The Kier molecular flexibility index (Phi) is 5.71. The number of aromatic nitrogens is 3. The molecule has 3 aromatic rings. The van der Waals surface area contributed by atoms with E-state index in [1.54, 1.807) is 30.2 Å². The van der Waals surface area contributed by atoms with Gasteiger partial charge in [0.1, 0.15) is 23.8 Å². The Balaban J connectivity index is 1.66. The third-order valence-electron chi connectivity index (χ3n) is 4.91. The third-order valence-corrected chi connectivity index (χ3v) is 6.32. The highest BCUT2D eigenvalue weighted by atomic mass is 35.5. The van der Waals surface area contributed by atoms with Gasteiger partial charge >= 0.3 is 0 Å². The van der Waals surface area contributed by atoms with Crippen molar-refractivity contribution in [2.45, 2.75) is 43.2 Å². The van der Waals surface area contributed by atoms with Crippen LogP contribution in [0.2, 0.25) is 5.02 Å². The van der Waals surface area contributed by atoms with E-state index in [1.165, 1.54) is 12.1 Å². The molecule has 1 saturated heterocycles. The lowest BCUT2D eigenvalue weighted by atomic mass is 9.91. The molecule has 0 spiro atoms. The molecule has 1 aliphatic heterocycles. The smallest absolute Gasteiger partial charge is 0.186 e. The molecule has 28 heavy (non-hydrogen) atoms. The first kappa shape index (κ1) is 19.4. The van der Waals surface area contributed by atoms with Gasteiger partial charge in [-0.15, -0.1) is 0 Å². The average molecular weight is 418 g/mol. The number of unbranched alkanes of at least 4 members (excludes halogenated alkanes) is 1. The van der Waals surface area contributed by atoms with Gasteiger partial charge in [-0.3, -0.25) is 0 Å². The molecule has 1 aliphatic rings. The molecule has 2 atom stereocenters. The molecule has 2 aromatic carbocycles. The highest BCUT2D eigenvalue weighted by molar-refractivity contribution is 7.99. The maximum absolute atomic E-state index is 13.5. The van der Waals surface area contributed by atoms with Crippen molar-refractivity contribution < 1.29 is 9.13 Å². The van der Waals surface area contributed by atoms with Crippen LogP contribution in [-0.2, 0) is 16.9 Å². The molecule has 2 heterocycles. The first-order chi connectivity index (χ1) is 13.6. The Hall–Kier alpha value is -1.89. The largest absolute Gasteiger partial charge is 0.354 e. The SMILES string of the molecule is CCCCSc1ncnn1CC1(c2ccc(F)cc2)OC1c1ccccc1Cl. The summed E-state index contributed by atoms with van der Waals surface area (Å²) in [6.45, 7) is 2.66. The van der Waals surface area contributed by atoms with E-state index in [4.69, 9.17) is 16.3 Å². The number of nitrogens with zero attached hydrogens (tertiary/aromatic N) is 3. The molecule has 7 heteroatoms. The van der Waals surface area contributed by atoms with E-state index in [1.807, 2.05) is 28.9 Å². The topological polar surface area (TPSA) is 43.2 Å². The van der Waals surface area contributed by atoms with Gasteiger partial charge < -0.3 is 4.74 Å². The second kappa shape index (κ2) is 8.23. The zero-order chi connectivity index (χ0) is 19.6. The molecule has 0 bridgehead atoms. The van der Waals surface area contributed by atoms with Crippen molar-refractivity contribution in [1.82, 2.24) is 14.8 Å². The fourth-order valence-electron chi connectivity index (χ4n) is 3.35. The maximum atomic E-state index is 13.5. The minimum absolute atomic E-state index is 0.218. The Bertz CT molecular complexity index is 949. The molecular weight excluding hydrogens is 397 g/mol. The van der Waals surface area contributed by atoms with Crippen LogP contribution < -0.4 is 0 Å². The van der Waals surface area contributed by atoms with Crippen LogP contribution in [0, 0.1) is 5.82 Å². The van der Waals surface area contributed by atoms with E-state index >= 15 is 0 Å². The second-order valence-corrected chi connectivity index (χ2v) is 8.29. The van der Waals surface area contributed by atoms with Gasteiger partial charge in [0, 0.05) is 16.3 Å². The predicted molar refractivity (Wildman–Crippen MR) is 109 cm³/mol. The average Bonchev–Trinajstić information content (AvgIpc) is 3.25. The number of hydrogen-bond donors (Lipinski definition) is 0. The minimum atomic E-state index is -0.646. The summed E-state index contributed by atoms with van der Waals surface area (Å²) >= 11 is 8.11. The molecular formula is C21H21ClFN3OS. The summed E-state index contributed by atoms with van der Waals surface area (Å²) in [4.78, 5) is 4.40. The first-order valence-electron chi connectivity index (χ1n) is 9.33. The third kappa shape index (κ3) is 3.81. The normalized spacial score (nSPS) is 21.0. The molecule has 0 aliphatic carbocycles. The van der Waals surface area contributed by atoms with Gasteiger partial charge in [-0.25, -0.2) is 14.1 Å². The number of ether oxygens (including phenoxy) is 1. The zero-order valence-electron chi connectivity index (χ0n) is 15.5. The van der Waals surface area contributed by atoms with Crippen molar-refractivity contribution in [2.75, 3.05) is 5.75 Å². The van der Waals surface area contributed by atoms with Crippen LogP contribution in [0.5, 0.6) is 0 Å². The fraction of sp³-hybridized carbons (Fsp3) is 0.333. The summed E-state index contributed by atoms with van der Waals surface area (Å²) in [5.41, 5.74) is 1.18.